The molecule has 0 radical (unpaired) electrons. The van der Waals surface area contributed by atoms with Gasteiger partial charge in [-0.3, -0.25) is 9.59 Å². The second-order valence-electron chi connectivity index (χ2n) is 5.88. The van der Waals surface area contributed by atoms with Crippen molar-refractivity contribution in [2.24, 2.45) is 0 Å². The molecule has 1 aromatic heterocycles. The molecule has 5 nitrogen and oxygen atoms in total. The van der Waals surface area contributed by atoms with Gasteiger partial charge in [0.15, 0.2) is 5.76 Å². The first-order chi connectivity index (χ1) is 11.6. The summed E-state index contributed by atoms with van der Waals surface area (Å²) in [6.45, 7) is 1.22. The lowest BCUT2D eigenvalue weighted by molar-refractivity contribution is -0.121. The minimum absolute atomic E-state index is 0.0427. The topological polar surface area (TPSA) is 62.6 Å². The first-order valence-corrected chi connectivity index (χ1v) is 8.37. The number of halogens is 1. The summed E-state index contributed by atoms with van der Waals surface area (Å²) in [5.41, 5.74) is 0.821. The molecule has 1 aromatic carbocycles. The van der Waals surface area contributed by atoms with Gasteiger partial charge in [-0.25, -0.2) is 0 Å². The molecule has 1 aliphatic heterocycles. The van der Waals surface area contributed by atoms with Crippen molar-refractivity contribution >= 4 is 23.4 Å². The quantitative estimate of drug-likeness (QED) is 0.925. The average Bonchev–Trinajstić information content (AvgIpc) is 3.11. The van der Waals surface area contributed by atoms with Crippen molar-refractivity contribution in [3.63, 3.8) is 0 Å². The molecule has 1 N–H and O–H groups in total. The Balaban J connectivity index is 1.48. The third-order valence-corrected chi connectivity index (χ3v) is 4.56. The summed E-state index contributed by atoms with van der Waals surface area (Å²) in [7, 11) is 0. The lowest BCUT2D eigenvalue weighted by Gasteiger charge is -2.31. The minimum atomic E-state index is -0.0964. The summed E-state index contributed by atoms with van der Waals surface area (Å²) in [6.07, 6.45) is 3.24. The Morgan fingerprint density at radius 1 is 1.17 bits per heavy atom. The fourth-order valence-electron chi connectivity index (χ4n) is 2.88. The molecule has 24 heavy (non-hydrogen) atoms. The highest BCUT2D eigenvalue weighted by Crippen LogP contribution is 2.17. The fraction of sp³-hybridized carbons (Fsp3) is 0.333. The van der Waals surface area contributed by atoms with Crippen LogP contribution in [0.3, 0.4) is 0 Å². The van der Waals surface area contributed by atoms with E-state index in [0.29, 0.717) is 23.9 Å². The van der Waals surface area contributed by atoms with Crippen molar-refractivity contribution in [1.82, 2.24) is 10.2 Å². The van der Waals surface area contributed by atoms with Crippen molar-refractivity contribution in [3.05, 3.63) is 59.0 Å². The van der Waals surface area contributed by atoms with Gasteiger partial charge >= 0.3 is 0 Å². The first kappa shape index (κ1) is 16.6. The van der Waals surface area contributed by atoms with Crippen LogP contribution in [0.1, 0.15) is 29.0 Å². The Hall–Kier alpha value is -2.27. The molecule has 1 saturated heterocycles. The number of carbonyl (C=O) groups is 2. The number of carbonyl (C=O) groups excluding carboxylic acids is 2. The highest BCUT2D eigenvalue weighted by molar-refractivity contribution is 6.31. The van der Waals surface area contributed by atoms with Crippen molar-refractivity contribution in [3.8, 4) is 0 Å². The van der Waals surface area contributed by atoms with Gasteiger partial charge in [-0.2, -0.15) is 0 Å². The lowest BCUT2D eigenvalue weighted by atomic mass is 10.0. The first-order valence-electron chi connectivity index (χ1n) is 7.99. The molecule has 6 heteroatoms. The highest BCUT2D eigenvalue weighted by Gasteiger charge is 2.25. The molecule has 0 atom stereocenters. The van der Waals surface area contributed by atoms with Crippen LogP contribution in [-0.2, 0) is 11.2 Å². The largest absolute Gasteiger partial charge is 0.459 e. The molecule has 2 aromatic rings. The molecule has 0 unspecified atom stereocenters. The molecule has 0 bridgehead atoms. The van der Waals surface area contributed by atoms with Gasteiger partial charge in [-0.1, -0.05) is 29.8 Å². The van der Waals surface area contributed by atoms with Crippen molar-refractivity contribution in [2.45, 2.75) is 25.3 Å². The molecular formula is C18H19ClN2O3. The SMILES string of the molecule is O=C(Cc1ccccc1Cl)NC1CCN(C(=O)c2ccco2)CC1. The monoisotopic (exact) mass is 346 g/mol. The Morgan fingerprint density at radius 2 is 1.92 bits per heavy atom. The van der Waals surface area contributed by atoms with Crippen LogP contribution in [0.2, 0.25) is 5.02 Å². The standard InChI is InChI=1S/C18H19ClN2O3/c19-15-5-2-1-4-13(15)12-17(22)20-14-7-9-21(10-8-14)18(23)16-6-3-11-24-16/h1-6,11,14H,7-10,12H2,(H,20,22). The minimum Gasteiger partial charge on any atom is -0.459 e. The van der Waals surface area contributed by atoms with Gasteiger partial charge in [0, 0.05) is 24.2 Å². The van der Waals surface area contributed by atoms with E-state index in [-0.39, 0.29) is 24.3 Å². The number of furan rings is 1. The molecule has 2 amide bonds. The van der Waals surface area contributed by atoms with Gasteiger partial charge < -0.3 is 14.6 Å². The van der Waals surface area contributed by atoms with E-state index >= 15 is 0 Å². The van der Waals surface area contributed by atoms with E-state index in [1.54, 1.807) is 23.1 Å². The molecule has 0 spiro atoms. The third-order valence-electron chi connectivity index (χ3n) is 4.19. The Labute approximate surface area is 145 Å². The van der Waals surface area contributed by atoms with Crippen LogP contribution in [0, 0.1) is 0 Å². The molecule has 3 rings (SSSR count). The predicted octanol–water partition coefficient (Wildman–Crippen LogP) is 2.90. The number of hydrogen-bond donors (Lipinski definition) is 1. The van der Waals surface area contributed by atoms with Gasteiger partial charge in [0.1, 0.15) is 0 Å². The van der Waals surface area contributed by atoms with Gasteiger partial charge in [0.05, 0.1) is 12.7 Å². The Morgan fingerprint density at radius 3 is 2.58 bits per heavy atom. The number of hydrogen-bond acceptors (Lipinski definition) is 3. The summed E-state index contributed by atoms with van der Waals surface area (Å²) < 4.78 is 5.14. The molecule has 1 fully saturated rings. The van der Waals surface area contributed by atoms with Gasteiger partial charge in [-0.05, 0) is 36.6 Å². The van der Waals surface area contributed by atoms with E-state index in [0.717, 1.165) is 18.4 Å². The van der Waals surface area contributed by atoms with E-state index in [9.17, 15) is 9.59 Å². The second-order valence-corrected chi connectivity index (χ2v) is 6.29. The van der Waals surface area contributed by atoms with Crippen molar-refractivity contribution in [1.29, 1.82) is 0 Å². The zero-order valence-corrected chi connectivity index (χ0v) is 14.0. The Kier molecular flexibility index (Phi) is 5.20. The van der Waals surface area contributed by atoms with Crippen LogP contribution in [0.4, 0.5) is 0 Å². The average molecular weight is 347 g/mol. The predicted molar refractivity (Wildman–Crippen MR) is 90.9 cm³/mol. The summed E-state index contributed by atoms with van der Waals surface area (Å²) in [6, 6.07) is 10.8. The maximum atomic E-state index is 12.2. The van der Waals surface area contributed by atoms with Gasteiger partial charge in [0.2, 0.25) is 5.91 Å². The summed E-state index contributed by atoms with van der Waals surface area (Å²) in [5, 5.41) is 3.63. The van der Waals surface area contributed by atoms with Gasteiger partial charge in [-0.15, -0.1) is 0 Å². The van der Waals surface area contributed by atoms with E-state index in [2.05, 4.69) is 5.32 Å². The van der Waals surface area contributed by atoms with Crippen LogP contribution in [0.15, 0.2) is 47.1 Å². The molecule has 1 aliphatic rings. The second kappa shape index (κ2) is 7.53. The van der Waals surface area contributed by atoms with E-state index in [4.69, 9.17) is 16.0 Å². The van der Waals surface area contributed by atoms with Crippen molar-refractivity contribution in [2.75, 3.05) is 13.1 Å². The zero-order valence-electron chi connectivity index (χ0n) is 13.2. The number of nitrogens with zero attached hydrogens (tertiary/aromatic N) is 1. The smallest absolute Gasteiger partial charge is 0.289 e. The maximum Gasteiger partial charge on any atom is 0.289 e. The normalized spacial score (nSPS) is 15.3. The number of likely N-dealkylation sites (tertiary alicyclic amines) is 1. The fourth-order valence-corrected chi connectivity index (χ4v) is 3.08. The number of benzene rings is 1. The number of piperidine rings is 1. The van der Waals surface area contributed by atoms with E-state index in [1.165, 1.54) is 6.26 Å². The lowest BCUT2D eigenvalue weighted by Crippen LogP contribution is -2.46. The number of rotatable bonds is 4. The van der Waals surface area contributed by atoms with Crippen LogP contribution < -0.4 is 5.32 Å². The van der Waals surface area contributed by atoms with Gasteiger partial charge in [0.25, 0.3) is 5.91 Å². The maximum absolute atomic E-state index is 12.2. The van der Waals surface area contributed by atoms with Crippen LogP contribution in [0.25, 0.3) is 0 Å². The summed E-state index contributed by atoms with van der Waals surface area (Å²) >= 11 is 6.08. The zero-order chi connectivity index (χ0) is 16.9. The number of nitrogens with one attached hydrogen (secondary N) is 1. The summed E-state index contributed by atoms with van der Waals surface area (Å²) in [5.74, 6) is 0.218. The summed E-state index contributed by atoms with van der Waals surface area (Å²) in [4.78, 5) is 26.1. The van der Waals surface area contributed by atoms with Crippen LogP contribution >= 0.6 is 11.6 Å². The number of amides is 2. The van der Waals surface area contributed by atoms with Crippen LogP contribution in [0.5, 0.6) is 0 Å². The van der Waals surface area contributed by atoms with E-state index < -0.39 is 0 Å². The Bertz CT molecular complexity index is 707. The van der Waals surface area contributed by atoms with Crippen molar-refractivity contribution < 1.29 is 14.0 Å². The molecule has 126 valence electrons. The molecular weight excluding hydrogens is 328 g/mol. The molecule has 0 saturated carbocycles. The highest BCUT2D eigenvalue weighted by atomic mass is 35.5. The molecule has 0 aliphatic carbocycles. The van der Waals surface area contributed by atoms with E-state index in [1.807, 2.05) is 18.2 Å². The third kappa shape index (κ3) is 3.97. The molecule has 2 heterocycles. The van der Waals surface area contributed by atoms with Crippen LogP contribution in [-0.4, -0.2) is 35.8 Å².